The molecule has 0 aliphatic carbocycles. The molecule has 4 amide bonds. The molecule has 1 fully saturated rings. The van der Waals surface area contributed by atoms with Crippen LogP contribution in [-0.2, 0) is 20.8 Å². The molecule has 1 aliphatic heterocycles. The molecule has 42 heavy (non-hydrogen) atoms. The van der Waals surface area contributed by atoms with Gasteiger partial charge in [0.1, 0.15) is 24.4 Å². The number of aliphatic hydroxyl groups excluding tert-OH is 1. The van der Waals surface area contributed by atoms with E-state index in [0.29, 0.717) is 24.8 Å². The highest BCUT2D eigenvalue weighted by Crippen LogP contribution is 2.26. The van der Waals surface area contributed by atoms with Gasteiger partial charge in [-0.2, -0.15) is 0 Å². The van der Waals surface area contributed by atoms with Crippen LogP contribution in [0, 0.1) is 5.21 Å². The number of carbonyl (C=O) groups is 4. The quantitative estimate of drug-likeness (QED) is 0.154. The highest BCUT2D eigenvalue weighted by molar-refractivity contribution is 5.99. The molecule has 12 heteroatoms. The molecular formula is C30H36N6O6. The van der Waals surface area contributed by atoms with Crippen LogP contribution in [0.4, 0.5) is 0 Å². The summed E-state index contributed by atoms with van der Waals surface area (Å²) < 4.78 is -0.993. The summed E-state index contributed by atoms with van der Waals surface area (Å²) in [5.74, 6) is -3.02. The van der Waals surface area contributed by atoms with Crippen LogP contribution in [0.2, 0.25) is 0 Å². The highest BCUT2D eigenvalue weighted by Gasteiger charge is 2.40. The highest BCUT2D eigenvalue weighted by atomic mass is 16.6. The Hall–Kier alpha value is -4.39. The summed E-state index contributed by atoms with van der Waals surface area (Å²) in [4.78, 5) is 54.8. The minimum Gasteiger partial charge on any atom is -0.632 e. The second-order valence-corrected chi connectivity index (χ2v) is 10.7. The molecule has 3 aromatic rings. The van der Waals surface area contributed by atoms with E-state index in [1.54, 1.807) is 42.5 Å². The summed E-state index contributed by atoms with van der Waals surface area (Å²) >= 11 is 0. The van der Waals surface area contributed by atoms with Gasteiger partial charge in [-0.05, 0) is 37.0 Å². The Kier molecular flexibility index (Phi) is 9.84. The number of hydrogen-bond donors (Lipinski definition) is 5. The predicted octanol–water partition coefficient (Wildman–Crippen LogP) is 0.649. The van der Waals surface area contributed by atoms with Gasteiger partial charge >= 0.3 is 0 Å². The van der Waals surface area contributed by atoms with Gasteiger partial charge in [0.15, 0.2) is 6.04 Å². The zero-order valence-corrected chi connectivity index (χ0v) is 23.1. The molecule has 5 atom stereocenters. The van der Waals surface area contributed by atoms with Crippen LogP contribution >= 0.6 is 0 Å². The summed E-state index contributed by atoms with van der Waals surface area (Å²) in [7, 11) is 0. The van der Waals surface area contributed by atoms with E-state index in [0.717, 1.165) is 10.9 Å². The number of carbonyl (C=O) groups excluding carboxylic acids is 4. The first-order valence-electron chi connectivity index (χ1n) is 13.9. The fraction of sp³-hybridized carbons (Fsp3) is 0.367. The van der Waals surface area contributed by atoms with E-state index in [9.17, 15) is 29.5 Å². The first kappa shape index (κ1) is 30.6. The zero-order chi connectivity index (χ0) is 30.3. The lowest BCUT2D eigenvalue weighted by Crippen LogP contribution is -2.64. The van der Waals surface area contributed by atoms with Crippen molar-refractivity contribution in [2.75, 3.05) is 13.1 Å². The van der Waals surface area contributed by atoms with Crippen LogP contribution in [-0.4, -0.2) is 75.7 Å². The summed E-state index contributed by atoms with van der Waals surface area (Å²) in [5, 5.41) is 31.0. The Labute approximate surface area is 243 Å². The molecule has 12 nitrogen and oxygen atoms in total. The maximum atomic E-state index is 13.7. The Balaban J connectivity index is 1.54. The molecule has 0 bridgehead atoms. The van der Waals surface area contributed by atoms with Gasteiger partial charge < -0.3 is 37.1 Å². The number of rotatable bonds is 12. The molecule has 7 N–H and O–H groups in total. The monoisotopic (exact) mass is 576 g/mol. The third-order valence-corrected chi connectivity index (χ3v) is 7.61. The fourth-order valence-electron chi connectivity index (χ4n) is 5.41. The number of nitrogens with zero attached hydrogens (tertiary/aromatic N) is 2. The number of hydroxylamine groups is 3. The number of fused-ring (bicyclic) bond motifs is 1. The molecular weight excluding hydrogens is 540 g/mol. The molecule has 0 saturated carbocycles. The van der Waals surface area contributed by atoms with Gasteiger partial charge in [0, 0.05) is 11.8 Å². The minimum absolute atomic E-state index is 0.0391. The van der Waals surface area contributed by atoms with Crippen molar-refractivity contribution in [2.45, 2.75) is 56.3 Å². The maximum Gasteiger partial charge on any atom is 0.276 e. The lowest BCUT2D eigenvalue weighted by atomic mass is 9.96. The van der Waals surface area contributed by atoms with Crippen LogP contribution in [0.3, 0.4) is 0 Å². The second-order valence-electron chi connectivity index (χ2n) is 10.7. The summed E-state index contributed by atoms with van der Waals surface area (Å²) in [6, 6.07) is 16.1. The summed E-state index contributed by atoms with van der Waals surface area (Å²) in [5.41, 5.74) is 12.3. The van der Waals surface area contributed by atoms with E-state index in [2.05, 4.69) is 15.6 Å². The van der Waals surface area contributed by atoms with E-state index < -0.39 is 58.9 Å². The minimum atomic E-state index is -1.38. The third-order valence-electron chi connectivity index (χ3n) is 7.61. The van der Waals surface area contributed by atoms with Crippen molar-refractivity contribution in [1.29, 1.82) is 0 Å². The van der Waals surface area contributed by atoms with E-state index in [1.807, 2.05) is 18.2 Å². The van der Waals surface area contributed by atoms with Crippen molar-refractivity contribution < 1.29 is 28.9 Å². The summed E-state index contributed by atoms with van der Waals surface area (Å²) in [6.45, 7) is -0.269. The molecule has 1 saturated heterocycles. The number of nitrogens with one attached hydrogen (secondary N) is 2. The first-order valence-corrected chi connectivity index (χ1v) is 13.9. The molecule has 2 unspecified atom stereocenters. The van der Waals surface area contributed by atoms with Gasteiger partial charge in [0.2, 0.25) is 11.8 Å². The fourth-order valence-corrected chi connectivity index (χ4v) is 5.41. The van der Waals surface area contributed by atoms with Crippen molar-refractivity contribution in [3.05, 3.63) is 83.2 Å². The van der Waals surface area contributed by atoms with E-state index >= 15 is 0 Å². The first-order chi connectivity index (χ1) is 20.1. The number of para-hydroxylation sites is 1. The zero-order valence-electron chi connectivity index (χ0n) is 23.1. The molecule has 1 aromatic heterocycles. The Bertz CT molecular complexity index is 1440. The van der Waals surface area contributed by atoms with Crippen molar-refractivity contribution in [3.8, 4) is 0 Å². The van der Waals surface area contributed by atoms with Gasteiger partial charge in [0.05, 0.1) is 24.5 Å². The molecule has 0 spiro atoms. The Morgan fingerprint density at radius 3 is 2.40 bits per heavy atom. The number of aromatic nitrogens is 1. The van der Waals surface area contributed by atoms with Gasteiger partial charge in [-0.15, -0.1) is 0 Å². The average Bonchev–Trinajstić information content (AvgIpc) is 2.96. The van der Waals surface area contributed by atoms with Crippen molar-refractivity contribution >= 4 is 34.5 Å². The van der Waals surface area contributed by atoms with Crippen molar-refractivity contribution in [3.63, 3.8) is 0 Å². The average molecular weight is 577 g/mol. The van der Waals surface area contributed by atoms with Crippen molar-refractivity contribution in [2.24, 2.45) is 11.5 Å². The lowest BCUT2D eigenvalue weighted by molar-refractivity contribution is -0.904. The van der Waals surface area contributed by atoms with Crippen LogP contribution in [0.25, 0.3) is 10.9 Å². The van der Waals surface area contributed by atoms with Gasteiger partial charge in [-0.25, -0.2) is 4.98 Å². The molecule has 1 aliphatic rings. The Morgan fingerprint density at radius 1 is 0.976 bits per heavy atom. The number of aliphatic hydroxyl groups is 1. The number of amides is 4. The predicted molar refractivity (Wildman–Crippen MR) is 155 cm³/mol. The largest absolute Gasteiger partial charge is 0.632 e. The molecule has 2 aromatic carbocycles. The number of piperidine rings is 1. The smallest absolute Gasteiger partial charge is 0.276 e. The number of benzene rings is 2. The normalized spacial score (nSPS) is 20.7. The molecule has 222 valence electrons. The number of likely N-dealkylation sites (tertiary alicyclic amines) is 1. The summed E-state index contributed by atoms with van der Waals surface area (Å²) in [6.07, 6.45) is -0.180. The van der Waals surface area contributed by atoms with Gasteiger partial charge in [-0.1, -0.05) is 54.6 Å². The van der Waals surface area contributed by atoms with Crippen LogP contribution in [0.15, 0.2) is 66.7 Å². The van der Waals surface area contributed by atoms with Crippen LogP contribution < -0.4 is 22.1 Å². The van der Waals surface area contributed by atoms with E-state index in [1.165, 1.54) is 6.07 Å². The van der Waals surface area contributed by atoms with Gasteiger partial charge in [-0.3, -0.25) is 19.2 Å². The van der Waals surface area contributed by atoms with Crippen LogP contribution in [0.1, 0.15) is 41.7 Å². The standard InChI is InChI=1S/C30H36N6O6/c31-27(38)17-24(35-29(40)22-14-13-20-10-4-5-11-21(20)33-22)30(41)34-23(16-19-8-2-1-3-9-19)26(37)18-36(42)15-7-6-12-25(36)28(32)39/h1-5,8-11,13-14,23-26,37H,6-7,12,15-18H2,(H2,31,38)(H2,32,39)(H,34,41)(H,35,40)/t23-,24-,25?,26+,36?/m0/s1. The second kappa shape index (κ2) is 13.5. The number of quaternary nitrogens is 1. The topological polar surface area (TPSA) is 201 Å². The number of pyridine rings is 1. The number of nitrogens with two attached hydrogens (primary N) is 2. The number of primary amides is 2. The van der Waals surface area contributed by atoms with E-state index in [-0.39, 0.29) is 25.2 Å². The van der Waals surface area contributed by atoms with Crippen molar-refractivity contribution in [1.82, 2.24) is 15.6 Å². The number of hydrogen-bond acceptors (Lipinski definition) is 7. The maximum absolute atomic E-state index is 13.7. The molecule has 2 heterocycles. The Morgan fingerprint density at radius 2 is 1.69 bits per heavy atom. The van der Waals surface area contributed by atoms with E-state index in [4.69, 9.17) is 11.5 Å². The van der Waals surface area contributed by atoms with Gasteiger partial charge in [0.25, 0.3) is 11.8 Å². The third kappa shape index (κ3) is 7.66. The van der Waals surface area contributed by atoms with Crippen LogP contribution in [0.5, 0.6) is 0 Å². The SMILES string of the molecule is NC(=O)C[C@H](NC(=O)c1ccc2ccccc2n1)C(=O)N[C@@H](Cc1ccccc1)[C@H](O)C[N+]1([O-])CCCCC1C(N)=O. The lowest BCUT2D eigenvalue weighted by Gasteiger charge is -2.51. The molecule has 0 radical (unpaired) electrons. The molecule has 4 rings (SSSR count).